The molecule has 0 saturated carbocycles. The lowest BCUT2D eigenvalue weighted by molar-refractivity contribution is 0.0698. The summed E-state index contributed by atoms with van der Waals surface area (Å²) < 4.78 is 10.4. The first-order valence-electron chi connectivity index (χ1n) is 8.41. The highest BCUT2D eigenvalue weighted by Crippen LogP contribution is 2.14. The van der Waals surface area contributed by atoms with Crippen LogP contribution in [0, 0.1) is 0 Å². The molecule has 0 spiro atoms. The number of benzene rings is 1. The summed E-state index contributed by atoms with van der Waals surface area (Å²) in [6.45, 7) is 8.78. The molecule has 1 aromatic rings. The SMILES string of the molecule is CCNC(=NCC(C)c1ccccc1)NCCCOCCOC.I. The van der Waals surface area contributed by atoms with E-state index in [-0.39, 0.29) is 24.0 Å². The highest BCUT2D eigenvalue weighted by atomic mass is 127. The van der Waals surface area contributed by atoms with Crippen LogP contribution in [0.25, 0.3) is 0 Å². The number of nitrogens with zero attached hydrogens (tertiary/aromatic N) is 1. The van der Waals surface area contributed by atoms with E-state index in [1.165, 1.54) is 5.56 Å². The standard InChI is InChI=1S/C18H31N3O2.HI/c1-4-19-18(20-11-8-12-23-14-13-22-3)21-15-16(2)17-9-6-5-7-10-17;/h5-7,9-10,16H,4,8,11-15H2,1-3H3,(H2,19,20,21);1H. The third kappa shape index (κ3) is 10.8. The van der Waals surface area contributed by atoms with E-state index in [1.54, 1.807) is 7.11 Å². The molecule has 138 valence electrons. The Morgan fingerprint density at radius 2 is 1.88 bits per heavy atom. The summed E-state index contributed by atoms with van der Waals surface area (Å²) in [6, 6.07) is 10.5. The van der Waals surface area contributed by atoms with E-state index >= 15 is 0 Å². The maximum absolute atomic E-state index is 5.45. The van der Waals surface area contributed by atoms with Gasteiger partial charge in [0.15, 0.2) is 5.96 Å². The molecule has 0 bridgehead atoms. The number of halogens is 1. The zero-order valence-electron chi connectivity index (χ0n) is 15.1. The topological polar surface area (TPSA) is 54.9 Å². The van der Waals surface area contributed by atoms with E-state index in [2.05, 4.69) is 53.7 Å². The quantitative estimate of drug-likeness (QED) is 0.236. The van der Waals surface area contributed by atoms with Crippen LogP contribution in [0.1, 0.15) is 31.7 Å². The van der Waals surface area contributed by atoms with E-state index in [0.29, 0.717) is 19.1 Å². The lowest BCUT2D eigenvalue weighted by Gasteiger charge is -2.14. The number of methoxy groups -OCH3 is 1. The molecule has 2 N–H and O–H groups in total. The van der Waals surface area contributed by atoms with Gasteiger partial charge in [-0.3, -0.25) is 4.99 Å². The average molecular weight is 449 g/mol. The normalized spacial score (nSPS) is 12.4. The minimum Gasteiger partial charge on any atom is -0.382 e. The Labute approximate surface area is 163 Å². The molecule has 0 radical (unpaired) electrons. The molecule has 0 aliphatic heterocycles. The summed E-state index contributed by atoms with van der Waals surface area (Å²) in [5.74, 6) is 1.27. The fourth-order valence-corrected chi connectivity index (χ4v) is 2.08. The molecule has 1 aromatic carbocycles. The molecule has 1 atom stereocenters. The number of hydrogen-bond acceptors (Lipinski definition) is 3. The molecule has 1 rings (SSSR count). The van der Waals surface area contributed by atoms with E-state index in [1.807, 2.05) is 6.07 Å². The van der Waals surface area contributed by atoms with Crippen LogP contribution in [0.5, 0.6) is 0 Å². The minimum absolute atomic E-state index is 0. The van der Waals surface area contributed by atoms with Gasteiger partial charge in [0.05, 0.1) is 13.2 Å². The van der Waals surface area contributed by atoms with Gasteiger partial charge in [-0.2, -0.15) is 0 Å². The largest absolute Gasteiger partial charge is 0.382 e. The van der Waals surface area contributed by atoms with Crippen molar-refractivity contribution in [3.05, 3.63) is 35.9 Å². The van der Waals surface area contributed by atoms with Gasteiger partial charge in [-0.05, 0) is 18.9 Å². The number of aliphatic imine (C=N–C) groups is 1. The monoisotopic (exact) mass is 449 g/mol. The Hall–Kier alpha value is -0.860. The Morgan fingerprint density at radius 1 is 1.12 bits per heavy atom. The summed E-state index contributed by atoms with van der Waals surface area (Å²) in [5, 5.41) is 6.62. The molecule has 0 heterocycles. The molecule has 1 unspecified atom stereocenters. The number of rotatable bonds is 11. The Kier molecular flexibility index (Phi) is 15.1. The van der Waals surface area contributed by atoms with Crippen LogP contribution in [0.15, 0.2) is 35.3 Å². The number of ether oxygens (including phenoxy) is 2. The third-order valence-corrected chi connectivity index (χ3v) is 3.43. The first kappa shape index (κ1) is 23.1. The van der Waals surface area contributed by atoms with Crippen molar-refractivity contribution < 1.29 is 9.47 Å². The van der Waals surface area contributed by atoms with Crippen LogP contribution in [-0.2, 0) is 9.47 Å². The maximum Gasteiger partial charge on any atom is 0.191 e. The molecule has 0 fully saturated rings. The molecule has 0 saturated heterocycles. The van der Waals surface area contributed by atoms with Gasteiger partial charge in [-0.25, -0.2) is 0 Å². The van der Waals surface area contributed by atoms with Crippen LogP contribution < -0.4 is 10.6 Å². The maximum atomic E-state index is 5.45. The first-order valence-corrected chi connectivity index (χ1v) is 8.41. The summed E-state index contributed by atoms with van der Waals surface area (Å²) in [5.41, 5.74) is 1.32. The highest BCUT2D eigenvalue weighted by Gasteiger charge is 2.04. The Morgan fingerprint density at radius 3 is 2.54 bits per heavy atom. The second kappa shape index (κ2) is 15.7. The summed E-state index contributed by atoms with van der Waals surface area (Å²) >= 11 is 0. The van der Waals surface area contributed by atoms with E-state index in [0.717, 1.165) is 38.6 Å². The van der Waals surface area contributed by atoms with E-state index in [9.17, 15) is 0 Å². The number of guanidine groups is 1. The lowest BCUT2D eigenvalue weighted by atomic mass is 10.0. The van der Waals surface area contributed by atoms with E-state index in [4.69, 9.17) is 9.47 Å². The van der Waals surface area contributed by atoms with Gasteiger partial charge in [0.2, 0.25) is 0 Å². The van der Waals surface area contributed by atoms with Crippen molar-refractivity contribution in [2.24, 2.45) is 4.99 Å². The van der Waals surface area contributed by atoms with Crippen molar-refractivity contribution >= 4 is 29.9 Å². The number of hydrogen-bond donors (Lipinski definition) is 2. The van der Waals surface area contributed by atoms with Crippen molar-refractivity contribution in [2.75, 3.05) is 46.6 Å². The zero-order chi connectivity index (χ0) is 16.8. The van der Waals surface area contributed by atoms with Gasteiger partial charge in [-0.1, -0.05) is 37.3 Å². The Bertz CT molecular complexity index is 430. The lowest BCUT2D eigenvalue weighted by Crippen LogP contribution is -2.38. The van der Waals surface area contributed by atoms with Gasteiger partial charge >= 0.3 is 0 Å². The van der Waals surface area contributed by atoms with Crippen molar-refractivity contribution in [2.45, 2.75) is 26.2 Å². The van der Waals surface area contributed by atoms with E-state index < -0.39 is 0 Å². The smallest absolute Gasteiger partial charge is 0.191 e. The summed E-state index contributed by atoms with van der Waals surface area (Å²) in [6.07, 6.45) is 0.947. The first-order chi connectivity index (χ1) is 11.3. The molecular weight excluding hydrogens is 417 g/mol. The molecule has 24 heavy (non-hydrogen) atoms. The summed E-state index contributed by atoms with van der Waals surface area (Å²) in [4.78, 5) is 4.67. The van der Waals surface area contributed by atoms with Gasteiger partial charge in [0.25, 0.3) is 0 Å². The van der Waals surface area contributed by atoms with Crippen LogP contribution >= 0.6 is 24.0 Å². The molecular formula is C18H32IN3O2. The highest BCUT2D eigenvalue weighted by molar-refractivity contribution is 14.0. The van der Waals surface area contributed by atoms with Crippen molar-refractivity contribution in [1.29, 1.82) is 0 Å². The van der Waals surface area contributed by atoms with Crippen LogP contribution in [0.4, 0.5) is 0 Å². The van der Waals surface area contributed by atoms with Gasteiger partial charge in [-0.15, -0.1) is 24.0 Å². The minimum atomic E-state index is 0. The summed E-state index contributed by atoms with van der Waals surface area (Å²) in [7, 11) is 1.68. The number of nitrogens with one attached hydrogen (secondary N) is 2. The van der Waals surface area contributed by atoms with Gasteiger partial charge < -0.3 is 20.1 Å². The molecule has 0 aromatic heterocycles. The second-order valence-electron chi connectivity index (χ2n) is 5.42. The molecule has 0 aliphatic carbocycles. The van der Waals surface area contributed by atoms with Gasteiger partial charge in [0, 0.05) is 39.3 Å². The van der Waals surface area contributed by atoms with Crippen LogP contribution in [0.2, 0.25) is 0 Å². The second-order valence-corrected chi connectivity index (χ2v) is 5.42. The van der Waals surface area contributed by atoms with Crippen LogP contribution in [0.3, 0.4) is 0 Å². The van der Waals surface area contributed by atoms with Crippen LogP contribution in [-0.4, -0.2) is 52.5 Å². The van der Waals surface area contributed by atoms with Crippen molar-refractivity contribution in [3.8, 4) is 0 Å². The molecule has 0 aliphatic rings. The Balaban J connectivity index is 0.00000529. The fraction of sp³-hybridized carbons (Fsp3) is 0.611. The molecule has 0 amide bonds. The molecule has 6 heteroatoms. The zero-order valence-corrected chi connectivity index (χ0v) is 17.4. The fourth-order valence-electron chi connectivity index (χ4n) is 2.08. The predicted molar refractivity (Wildman–Crippen MR) is 112 cm³/mol. The van der Waals surface area contributed by atoms with Gasteiger partial charge in [0.1, 0.15) is 0 Å². The van der Waals surface area contributed by atoms with Crippen molar-refractivity contribution in [1.82, 2.24) is 10.6 Å². The molecule has 5 nitrogen and oxygen atoms in total. The predicted octanol–water partition coefficient (Wildman–Crippen LogP) is 3.02. The third-order valence-electron chi connectivity index (χ3n) is 3.43. The van der Waals surface area contributed by atoms with Crippen molar-refractivity contribution in [3.63, 3.8) is 0 Å². The average Bonchev–Trinajstić information content (AvgIpc) is 2.59.